The zero-order valence-electron chi connectivity index (χ0n) is 11.2. The molecular weight excluding hydrogens is 224 g/mol. The number of rotatable bonds is 2. The molecule has 0 heterocycles. The fraction of sp³-hybridized carbons (Fsp3) is 0.438. The Morgan fingerprint density at radius 1 is 1.28 bits per heavy atom. The van der Waals surface area contributed by atoms with Crippen LogP contribution in [0.1, 0.15) is 38.9 Å². The minimum Gasteiger partial charge on any atom is -0.388 e. The fourth-order valence-corrected chi connectivity index (χ4v) is 3.02. The van der Waals surface area contributed by atoms with Gasteiger partial charge in [-0.05, 0) is 30.4 Å². The lowest BCUT2D eigenvalue weighted by Gasteiger charge is -2.39. The molecule has 0 aromatic heterocycles. The molecule has 2 rings (SSSR count). The second-order valence-electron chi connectivity index (χ2n) is 5.89. The van der Waals surface area contributed by atoms with Gasteiger partial charge >= 0.3 is 0 Å². The van der Waals surface area contributed by atoms with Crippen molar-refractivity contribution in [3.8, 4) is 0 Å². The Balaban J connectivity index is 2.35. The van der Waals surface area contributed by atoms with Gasteiger partial charge in [0.1, 0.15) is 0 Å². The van der Waals surface area contributed by atoms with Crippen LogP contribution in [0.25, 0.3) is 0 Å². The van der Waals surface area contributed by atoms with Crippen molar-refractivity contribution in [3.63, 3.8) is 0 Å². The van der Waals surface area contributed by atoms with Gasteiger partial charge in [0.25, 0.3) is 0 Å². The fourth-order valence-electron chi connectivity index (χ4n) is 3.02. The van der Waals surface area contributed by atoms with Crippen molar-refractivity contribution in [2.45, 2.75) is 33.3 Å². The molecule has 0 aliphatic heterocycles. The van der Waals surface area contributed by atoms with Crippen molar-refractivity contribution in [1.82, 2.24) is 0 Å². The Morgan fingerprint density at radius 2 is 1.89 bits per heavy atom. The van der Waals surface area contributed by atoms with E-state index in [2.05, 4.69) is 13.8 Å². The summed E-state index contributed by atoms with van der Waals surface area (Å²) in [5, 5.41) is 10.5. The number of allylic oxidation sites excluding steroid dienone is 2. The van der Waals surface area contributed by atoms with Crippen LogP contribution in [0.15, 0.2) is 42.0 Å². The van der Waals surface area contributed by atoms with Crippen molar-refractivity contribution in [2.24, 2.45) is 11.3 Å². The maximum Gasteiger partial charge on any atom is 0.162 e. The van der Waals surface area contributed by atoms with Gasteiger partial charge in [-0.25, -0.2) is 0 Å². The zero-order chi connectivity index (χ0) is 13.3. The molecule has 1 aromatic carbocycles. The van der Waals surface area contributed by atoms with Crippen LogP contribution in [0.4, 0.5) is 0 Å². The molecule has 2 atom stereocenters. The van der Waals surface area contributed by atoms with Gasteiger partial charge in [-0.15, -0.1) is 0 Å². The molecule has 0 radical (unpaired) electrons. The van der Waals surface area contributed by atoms with E-state index in [4.69, 9.17) is 0 Å². The van der Waals surface area contributed by atoms with E-state index in [1.165, 1.54) is 0 Å². The first-order valence-corrected chi connectivity index (χ1v) is 6.36. The highest BCUT2D eigenvalue weighted by atomic mass is 16.3. The van der Waals surface area contributed by atoms with Gasteiger partial charge in [0.2, 0.25) is 0 Å². The van der Waals surface area contributed by atoms with E-state index in [0.29, 0.717) is 0 Å². The quantitative estimate of drug-likeness (QED) is 0.866. The molecule has 96 valence electrons. The lowest BCUT2D eigenvalue weighted by Crippen LogP contribution is -2.38. The normalized spacial score (nSPS) is 24.6. The number of aliphatic hydroxyl groups is 1. The standard InChI is InChI=1S/C16H20O2/c1-11-9-13(17)14(16(2,3)10-11)15(18)12-7-5-4-6-8-12/h4-9,14-15,18H,10H2,1-3H3/t14-,15+/m0/s1. The Hall–Kier alpha value is -1.41. The SMILES string of the molecule is CC1=CC(=O)[C@@H]([C@H](O)c2ccccc2)C(C)(C)C1. The lowest BCUT2D eigenvalue weighted by molar-refractivity contribution is -0.128. The molecule has 0 amide bonds. The minimum absolute atomic E-state index is 0.0418. The van der Waals surface area contributed by atoms with Gasteiger partial charge in [-0.1, -0.05) is 49.8 Å². The highest BCUT2D eigenvalue weighted by Gasteiger charge is 2.42. The summed E-state index contributed by atoms with van der Waals surface area (Å²) in [5.74, 6) is -0.316. The molecular formula is C16H20O2. The molecule has 1 aliphatic carbocycles. The molecule has 0 fully saturated rings. The van der Waals surface area contributed by atoms with E-state index in [-0.39, 0.29) is 17.1 Å². The van der Waals surface area contributed by atoms with E-state index in [1.807, 2.05) is 37.3 Å². The van der Waals surface area contributed by atoms with Crippen molar-refractivity contribution in [3.05, 3.63) is 47.5 Å². The molecule has 2 heteroatoms. The van der Waals surface area contributed by atoms with Crippen molar-refractivity contribution < 1.29 is 9.90 Å². The predicted molar refractivity (Wildman–Crippen MR) is 72.1 cm³/mol. The van der Waals surface area contributed by atoms with Gasteiger partial charge in [0, 0.05) is 0 Å². The molecule has 1 N–H and O–H groups in total. The molecule has 0 saturated carbocycles. The summed E-state index contributed by atoms with van der Waals surface area (Å²) >= 11 is 0. The largest absolute Gasteiger partial charge is 0.388 e. The van der Waals surface area contributed by atoms with E-state index < -0.39 is 6.10 Å². The van der Waals surface area contributed by atoms with Crippen LogP contribution in [-0.4, -0.2) is 10.9 Å². The molecule has 0 saturated heterocycles. The predicted octanol–water partition coefficient (Wildman–Crippen LogP) is 3.28. The smallest absolute Gasteiger partial charge is 0.162 e. The molecule has 0 unspecified atom stereocenters. The molecule has 1 aliphatic rings. The van der Waals surface area contributed by atoms with Crippen molar-refractivity contribution >= 4 is 5.78 Å². The Kier molecular flexibility index (Phi) is 3.40. The number of aliphatic hydroxyl groups excluding tert-OH is 1. The second-order valence-corrected chi connectivity index (χ2v) is 5.89. The van der Waals surface area contributed by atoms with Gasteiger partial charge < -0.3 is 5.11 Å². The molecule has 0 bridgehead atoms. The van der Waals surface area contributed by atoms with Crippen LogP contribution < -0.4 is 0 Å². The van der Waals surface area contributed by atoms with Gasteiger partial charge in [0.05, 0.1) is 12.0 Å². The first-order chi connectivity index (χ1) is 8.42. The summed E-state index contributed by atoms with van der Waals surface area (Å²) < 4.78 is 0. The van der Waals surface area contributed by atoms with E-state index in [9.17, 15) is 9.90 Å². The zero-order valence-corrected chi connectivity index (χ0v) is 11.2. The van der Waals surface area contributed by atoms with E-state index >= 15 is 0 Å². The summed E-state index contributed by atoms with van der Waals surface area (Å²) in [6, 6.07) is 9.44. The third-order valence-corrected chi connectivity index (χ3v) is 3.73. The number of carbonyl (C=O) groups excluding carboxylic acids is 1. The van der Waals surface area contributed by atoms with Gasteiger partial charge in [-0.3, -0.25) is 4.79 Å². The summed E-state index contributed by atoms with van der Waals surface area (Å²) in [5.41, 5.74) is 1.71. The highest BCUT2D eigenvalue weighted by Crippen LogP contribution is 2.44. The average Bonchev–Trinajstić information content (AvgIpc) is 2.27. The monoisotopic (exact) mass is 244 g/mol. The van der Waals surface area contributed by atoms with Gasteiger partial charge in [-0.2, -0.15) is 0 Å². The Bertz CT molecular complexity index is 471. The Morgan fingerprint density at radius 3 is 2.44 bits per heavy atom. The van der Waals surface area contributed by atoms with Crippen molar-refractivity contribution in [2.75, 3.05) is 0 Å². The van der Waals surface area contributed by atoms with Crippen LogP contribution in [0.3, 0.4) is 0 Å². The first-order valence-electron chi connectivity index (χ1n) is 6.36. The molecule has 1 aromatic rings. The minimum atomic E-state index is -0.724. The number of hydrogen-bond donors (Lipinski definition) is 1. The maximum atomic E-state index is 12.2. The van der Waals surface area contributed by atoms with Gasteiger partial charge in [0.15, 0.2) is 5.78 Å². The van der Waals surface area contributed by atoms with Crippen LogP contribution in [0, 0.1) is 11.3 Å². The van der Waals surface area contributed by atoms with Crippen molar-refractivity contribution in [1.29, 1.82) is 0 Å². The lowest BCUT2D eigenvalue weighted by atomic mass is 9.65. The van der Waals surface area contributed by atoms with E-state index in [1.54, 1.807) is 6.08 Å². The maximum absolute atomic E-state index is 12.2. The first kappa shape index (κ1) is 13.0. The topological polar surface area (TPSA) is 37.3 Å². The van der Waals surface area contributed by atoms with Crippen LogP contribution in [0.5, 0.6) is 0 Å². The number of benzene rings is 1. The number of ketones is 1. The summed E-state index contributed by atoms with van der Waals surface area (Å²) in [4.78, 5) is 12.2. The highest BCUT2D eigenvalue weighted by molar-refractivity contribution is 5.94. The molecule has 2 nitrogen and oxygen atoms in total. The van der Waals surface area contributed by atoms with Crippen LogP contribution in [0.2, 0.25) is 0 Å². The molecule has 18 heavy (non-hydrogen) atoms. The number of hydrogen-bond acceptors (Lipinski definition) is 2. The van der Waals surface area contributed by atoms with Crippen LogP contribution in [-0.2, 0) is 4.79 Å². The summed E-state index contributed by atoms with van der Waals surface area (Å²) in [6.45, 7) is 6.08. The Labute approximate surface area is 108 Å². The average molecular weight is 244 g/mol. The summed E-state index contributed by atoms with van der Waals surface area (Å²) in [6.07, 6.45) is 1.81. The molecule has 0 spiro atoms. The number of carbonyl (C=O) groups is 1. The third-order valence-electron chi connectivity index (χ3n) is 3.73. The van der Waals surface area contributed by atoms with Crippen LogP contribution >= 0.6 is 0 Å². The third kappa shape index (κ3) is 2.39. The summed E-state index contributed by atoms with van der Waals surface area (Å²) in [7, 11) is 0. The second kappa shape index (κ2) is 4.69. The van der Waals surface area contributed by atoms with E-state index in [0.717, 1.165) is 17.6 Å².